The third-order valence-electron chi connectivity index (χ3n) is 2.13. The molecule has 0 amide bonds. The Morgan fingerprint density at radius 1 is 1.61 bits per heavy atom. The van der Waals surface area contributed by atoms with Crippen LogP contribution in [0.3, 0.4) is 0 Å². The number of carbonyl (C=O) groups is 1. The largest absolute Gasteiger partial charge is 0.466 e. The number of hydrogen-bond donors (Lipinski definition) is 0. The van der Waals surface area contributed by atoms with Gasteiger partial charge in [0, 0.05) is 11.8 Å². The Labute approximate surface area is 101 Å². The number of ether oxygens (including phenoxy) is 1. The lowest BCUT2D eigenvalue weighted by Gasteiger charge is -2.08. The minimum Gasteiger partial charge on any atom is -0.466 e. The Hall–Kier alpha value is -2.10. The summed E-state index contributed by atoms with van der Waals surface area (Å²) in [6, 6.07) is 1.47. The number of alkyl halides is 2. The minimum absolute atomic E-state index is 0.0737. The van der Waals surface area contributed by atoms with Gasteiger partial charge in [0.05, 0.1) is 24.2 Å². The predicted octanol–water partition coefficient (Wildman–Crippen LogP) is 2.14. The highest BCUT2D eigenvalue weighted by Gasteiger charge is 2.22. The third kappa shape index (κ3) is 2.97. The second kappa shape index (κ2) is 6.00. The molecular weight excluding hydrogens is 249 g/mol. The van der Waals surface area contributed by atoms with E-state index in [-0.39, 0.29) is 6.61 Å². The van der Waals surface area contributed by atoms with Crippen LogP contribution in [-0.4, -0.2) is 17.6 Å². The number of hydrogen-bond acceptors (Lipinski definition) is 4. The Bertz CT molecular complexity index is 498. The first kappa shape index (κ1) is 14.0. The van der Waals surface area contributed by atoms with Gasteiger partial charge in [0.2, 0.25) is 5.95 Å². The molecule has 0 N–H and O–H groups in total. The Kier molecular flexibility index (Phi) is 4.66. The molecule has 0 saturated carbocycles. The van der Waals surface area contributed by atoms with Crippen LogP contribution in [0.5, 0.6) is 0 Å². The molecule has 0 saturated heterocycles. The summed E-state index contributed by atoms with van der Waals surface area (Å²) in [5, 5.41) is 8.79. The van der Waals surface area contributed by atoms with Crippen LogP contribution in [0, 0.1) is 17.3 Å². The van der Waals surface area contributed by atoms with Gasteiger partial charge >= 0.3 is 5.97 Å². The molecule has 0 aromatic carbocycles. The van der Waals surface area contributed by atoms with Crippen LogP contribution in [-0.2, 0) is 16.0 Å². The molecule has 4 nitrogen and oxygen atoms in total. The van der Waals surface area contributed by atoms with Gasteiger partial charge in [-0.1, -0.05) is 0 Å². The number of pyridine rings is 1. The summed E-state index contributed by atoms with van der Waals surface area (Å²) in [6.07, 6.45) is -2.97. The van der Waals surface area contributed by atoms with Gasteiger partial charge in [0.1, 0.15) is 6.07 Å². The maximum Gasteiger partial charge on any atom is 0.310 e. The van der Waals surface area contributed by atoms with E-state index in [1.165, 1.54) is 6.07 Å². The number of halogens is 3. The van der Waals surface area contributed by atoms with Gasteiger partial charge < -0.3 is 4.74 Å². The molecule has 0 radical (unpaired) electrons. The summed E-state index contributed by atoms with van der Waals surface area (Å²) in [6.45, 7) is 1.62. The van der Waals surface area contributed by atoms with Crippen LogP contribution in [0.1, 0.15) is 30.0 Å². The molecule has 0 aliphatic heterocycles. The monoisotopic (exact) mass is 258 g/mol. The molecule has 1 aromatic rings. The molecule has 0 aliphatic rings. The summed E-state index contributed by atoms with van der Waals surface area (Å²) in [5.41, 5.74) is -1.72. The first-order valence-electron chi connectivity index (χ1n) is 5.02. The van der Waals surface area contributed by atoms with Gasteiger partial charge in [-0.05, 0) is 6.92 Å². The molecule has 0 fully saturated rings. The highest BCUT2D eigenvalue weighted by molar-refractivity contribution is 5.73. The summed E-state index contributed by atoms with van der Waals surface area (Å²) in [7, 11) is 0. The number of aromatic nitrogens is 1. The van der Waals surface area contributed by atoms with Crippen molar-refractivity contribution in [3.63, 3.8) is 0 Å². The van der Waals surface area contributed by atoms with E-state index in [0.29, 0.717) is 6.20 Å². The molecule has 18 heavy (non-hydrogen) atoms. The second-order valence-corrected chi connectivity index (χ2v) is 3.25. The number of rotatable bonds is 4. The van der Waals surface area contributed by atoms with E-state index in [0.717, 1.165) is 0 Å². The number of carbonyl (C=O) groups excluding carboxylic acids is 1. The van der Waals surface area contributed by atoms with Gasteiger partial charge in [-0.25, -0.2) is 13.8 Å². The van der Waals surface area contributed by atoms with Crippen LogP contribution < -0.4 is 0 Å². The van der Waals surface area contributed by atoms with Crippen molar-refractivity contribution in [2.24, 2.45) is 0 Å². The van der Waals surface area contributed by atoms with Crippen molar-refractivity contribution in [2.75, 3.05) is 6.61 Å². The molecule has 0 unspecified atom stereocenters. The van der Waals surface area contributed by atoms with Crippen molar-refractivity contribution >= 4 is 5.97 Å². The lowest BCUT2D eigenvalue weighted by Crippen LogP contribution is -2.12. The van der Waals surface area contributed by atoms with Crippen LogP contribution >= 0.6 is 0 Å². The van der Waals surface area contributed by atoms with E-state index >= 15 is 0 Å². The van der Waals surface area contributed by atoms with Gasteiger partial charge in [-0.15, -0.1) is 0 Å². The van der Waals surface area contributed by atoms with Crippen LogP contribution in [0.2, 0.25) is 0 Å². The highest BCUT2D eigenvalue weighted by atomic mass is 19.3. The summed E-state index contributed by atoms with van der Waals surface area (Å²) >= 11 is 0. The molecular formula is C11H9F3N2O2. The van der Waals surface area contributed by atoms with Gasteiger partial charge in [0.25, 0.3) is 6.43 Å². The van der Waals surface area contributed by atoms with Gasteiger partial charge in [-0.3, -0.25) is 4.79 Å². The number of esters is 1. The highest BCUT2D eigenvalue weighted by Crippen LogP contribution is 2.25. The minimum atomic E-state index is -2.96. The number of nitrogens with zero attached hydrogens (tertiary/aromatic N) is 2. The van der Waals surface area contributed by atoms with Gasteiger partial charge in [-0.2, -0.15) is 9.65 Å². The van der Waals surface area contributed by atoms with E-state index in [1.807, 2.05) is 0 Å². The standard InChI is InChI=1S/C11H9F3N2O2/c1-2-18-9(17)3-6-7(4-15)8(10(12)13)5-16-11(6)14/h5,10H,2-3H2,1H3. The fourth-order valence-electron chi connectivity index (χ4n) is 1.36. The van der Waals surface area contributed by atoms with Crippen molar-refractivity contribution in [3.05, 3.63) is 28.8 Å². The first-order chi connectivity index (χ1) is 8.51. The van der Waals surface area contributed by atoms with Gasteiger partial charge in [0.15, 0.2) is 0 Å². The zero-order chi connectivity index (χ0) is 13.7. The smallest absolute Gasteiger partial charge is 0.310 e. The summed E-state index contributed by atoms with van der Waals surface area (Å²) in [5.74, 6) is -1.93. The second-order valence-electron chi connectivity index (χ2n) is 3.25. The Morgan fingerprint density at radius 3 is 2.78 bits per heavy atom. The lowest BCUT2D eigenvalue weighted by atomic mass is 10.0. The van der Waals surface area contributed by atoms with E-state index in [2.05, 4.69) is 9.72 Å². The Morgan fingerprint density at radius 2 is 2.28 bits per heavy atom. The third-order valence-corrected chi connectivity index (χ3v) is 2.13. The molecule has 0 spiro atoms. The van der Waals surface area contributed by atoms with Crippen LogP contribution in [0.25, 0.3) is 0 Å². The van der Waals surface area contributed by atoms with Crippen LogP contribution in [0.15, 0.2) is 6.20 Å². The normalized spacial score (nSPS) is 10.2. The molecule has 0 bridgehead atoms. The topological polar surface area (TPSA) is 63.0 Å². The molecule has 1 aromatic heterocycles. The van der Waals surface area contributed by atoms with Crippen molar-refractivity contribution in [1.82, 2.24) is 4.98 Å². The quantitative estimate of drug-likeness (QED) is 0.613. The number of nitriles is 1. The predicted molar refractivity (Wildman–Crippen MR) is 54.2 cm³/mol. The van der Waals surface area contributed by atoms with E-state index in [1.54, 1.807) is 6.92 Å². The average molecular weight is 258 g/mol. The lowest BCUT2D eigenvalue weighted by molar-refractivity contribution is -0.142. The SMILES string of the molecule is CCOC(=O)Cc1c(F)ncc(C(F)F)c1C#N. The average Bonchev–Trinajstić information content (AvgIpc) is 2.31. The van der Waals surface area contributed by atoms with Crippen LogP contribution in [0.4, 0.5) is 13.2 Å². The van der Waals surface area contributed by atoms with Crippen molar-refractivity contribution in [3.8, 4) is 6.07 Å². The summed E-state index contributed by atoms with van der Waals surface area (Å²) in [4.78, 5) is 14.3. The van der Waals surface area contributed by atoms with Crippen molar-refractivity contribution < 1.29 is 22.7 Å². The molecule has 0 atom stereocenters. The molecule has 96 valence electrons. The zero-order valence-corrected chi connectivity index (χ0v) is 9.41. The van der Waals surface area contributed by atoms with E-state index < -0.39 is 41.5 Å². The fraction of sp³-hybridized carbons (Fsp3) is 0.364. The molecule has 1 heterocycles. The molecule has 7 heteroatoms. The maximum absolute atomic E-state index is 13.4. The maximum atomic E-state index is 13.4. The fourth-order valence-corrected chi connectivity index (χ4v) is 1.36. The van der Waals surface area contributed by atoms with E-state index in [9.17, 15) is 18.0 Å². The van der Waals surface area contributed by atoms with E-state index in [4.69, 9.17) is 5.26 Å². The zero-order valence-electron chi connectivity index (χ0n) is 9.41. The molecule has 1 rings (SSSR count). The van der Waals surface area contributed by atoms with Crippen molar-refractivity contribution in [2.45, 2.75) is 19.8 Å². The van der Waals surface area contributed by atoms with Crippen molar-refractivity contribution in [1.29, 1.82) is 5.26 Å². The first-order valence-corrected chi connectivity index (χ1v) is 5.02. The Balaban J connectivity index is 3.21. The summed E-state index contributed by atoms with van der Waals surface area (Å²) < 4.78 is 43.1. The molecule has 0 aliphatic carbocycles.